The van der Waals surface area contributed by atoms with E-state index in [4.69, 9.17) is 4.74 Å². The second kappa shape index (κ2) is 8.48. The van der Waals surface area contributed by atoms with Gasteiger partial charge in [0.1, 0.15) is 0 Å². The van der Waals surface area contributed by atoms with Crippen LogP contribution in [0.25, 0.3) is 0 Å². The number of carbonyl (C=O) groups excluding carboxylic acids is 2. The van der Waals surface area contributed by atoms with Crippen LogP contribution in [-0.2, 0) is 9.53 Å². The molecule has 1 unspecified atom stereocenters. The van der Waals surface area contributed by atoms with Crippen LogP contribution < -0.4 is 5.32 Å². The van der Waals surface area contributed by atoms with Gasteiger partial charge in [-0.2, -0.15) is 0 Å². The Kier molecular flexibility index (Phi) is 6.64. The van der Waals surface area contributed by atoms with E-state index < -0.39 is 5.97 Å². The predicted octanol–water partition coefficient (Wildman–Crippen LogP) is 3.24. The fourth-order valence-corrected chi connectivity index (χ4v) is 4.82. The Morgan fingerprint density at radius 3 is 2.50 bits per heavy atom. The molecule has 22 heavy (non-hydrogen) atoms. The van der Waals surface area contributed by atoms with Crippen LogP contribution in [0.3, 0.4) is 0 Å². The number of amides is 1. The number of rotatable bonds is 6. The van der Waals surface area contributed by atoms with Gasteiger partial charge in [-0.1, -0.05) is 19.1 Å². The van der Waals surface area contributed by atoms with E-state index in [1.807, 2.05) is 49.5 Å². The van der Waals surface area contributed by atoms with Crippen molar-refractivity contribution in [3.05, 3.63) is 35.4 Å². The molecule has 0 spiro atoms. The van der Waals surface area contributed by atoms with Crippen molar-refractivity contribution in [2.24, 2.45) is 0 Å². The molecule has 0 aromatic heterocycles. The molecule has 1 saturated heterocycles. The molecule has 0 radical (unpaired) electrons. The first-order valence-electron chi connectivity index (χ1n) is 7.39. The summed E-state index contributed by atoms with van der Waals surface area (Å²) in [5, 5.41) is 2.76. The maximum atomic E-state index is 11.9. The number of hydrogen-bond acceptors (Lipinski definition) is 5. The van der Waals surface area contributed by atoms with E-state index in [1.54, 1.807) is 12.1 Å². The smallest absolute Gasteiger partial charge is 0.338 e. The van der Waals surface area contributed by atoms with Crippen molar-refractivity contribution in [1.29, 1.82) is 0 Å². The van der Waals surface area contributed by atoms with Gasteiger partial charge in [-0.25, -0.2) is 4.79 Å². The van der Waals surface area contributed by atoms with E-state index in [0.29, 0.717) is 10.1 Å². The van der Waals surface area contributed by atoms with Crippen LogP contribution in [-0.4, -0.2) is 36.0 Å². The predicted molar refractivity (Wildman–Crippen MR) is 92.3 cm³/mol. The summed E-state index contributed by atoms with van der Waals surface area (Å²) in [5.41, 5.74) is 1.70. The molecule has 1 aromatic carbocycles. The monoisotopic (exact) mass is 339 g/mol. The SMILES string of the molecule is CCC(C)NC(=O)COC(=O)c1ccc(C2SCCS2)cc1. The first-order valence-corrected chi connectivity index (χ1v) is 9.49. The van der Waals surface area contributed by atoms with Crippen LogP contribution in [0.2, 0.25) is 0 Å². The van der Waals surface area contributed by atoms with Gasteiger partial charge in [0.2, 0.25) is 0 Å². The number of esters is 1. The van der Waals surface area contributed by atoms with Crippen molar-refractivity contribution in [1.82, 2.24) is 5.32 Å². The third-order valence-corrected chi connectivity index (χ3v) is 6.50. The van der Waals surface area contributed by atoms with E-state index in [9.17, 15) is 9.59 Å². The van der Waals surface area contributed by atoms with Gasteiger partial charge in [0.05, 0.1) is 10.1 Å². The van der Waals surface area contributed by atoms with E-state index in [2.05, 4.69) is 5.32 Å². The second-order valence-electron chi connectivity index (χ2n) is 5.15. The third-order valence-electron chi connectivity index (χ3n) is 3.39. The normalized spacial score (nSPS) is 16.3. The van der Waals surface area contributed by atoms with Gasteiger partial charge in [0.15, 0.2) is 6.61 Å². The zero-order valence-corrected chi connectivity index (χ0v) is 14.5. The van der Waals surface area contributed by atoms with Gasteiger partial charge < -0.3 is 10.1 Å². The summed E-state index contributed by atoms with van der Waals surface area (Å²) >= 11 is 3.85. The molecule has 0 bridgehead atoms. The molecule has 1 fully saturated rings. The van der Waals surface area contributed by atoms with Gasteiger partial charge in [-0.05, 0) is 31.0 Å². The van der Waals surface area contributed by atoms with Crippen LogP contribution in [0.1, 0.15) is 40.8 Å². The lowest BCUT2D eigenvalue weighted by Gasteiger charge is -2.12. The Hall–Kier alpha value is -1.14. The fraction of sp³-hybridized carbons (Fsp3) is 0.500. The summed E-state index contributed by atoms with van der Waals surface area (Å²) in [6.07, 6.45) is 0.846. The summed E-state index contributed by atoms with van der Waals surface area (Å²) in [6, 6.07) is 7.55. The minimum atomic E-state index is -0.461. The van der Waals surface area contributed by atoms with E-state index >= 15 is 0 Å². The highest BCUT2D eigenvalue weighted by molar-refractivity contribution is 8.19. The van der Waals surface area contributed by atoms with Crippen molar-refractivity contribution in [3.8, 4) is 0 Å². The van der Waals surface area contributed by atoms with Gasteiger partial charge >= 0.3 is 5.97 Å². The number of benzene rings is 1. The number of thioether (sulfide) groups is 2. The number of nitrogens with one attached hydrogen (secondary N) is 1. The molecule has 2 rings (SSSR count). The highest BCUT2D eigenvalue weighted by Gasteiger charge is 2.19. The van der Waals surface area contributed by atoms with E-state index in [1.165, 1.54) is 17.1 Å². The molecule has 120 valence electrons. The van der Waals surface area contributed by atoms with Crippen molar-refractivity contribution in [3.63, 3.8) is 0 Å². The molecule has 1 aliphatic heterocycles. The molecule has 0 saturated carbocycles. The van der Waals surface area contributed by atoms with Crippen LogP contribution in [0.15, 0.2) is 24.3 Å². The Morgan fingerprint density at radius 1 is 1.27 bits per heavy atom. The molecule has 6 heteroatoms. The van der Waals surface area contributed by atoms with Crippen molar-refractivity contribution in [2.75, 3.05) is 18.1 Å². The molecule has 1 heterocycles. The first kappa shape index (κ1) is 17.2. The summed E-state index contributed by atoms with van der Waals surface area (Å²) in [5.74, 6) is 1.62. The molecule has 1 amide bonds. The summed E-state index contributed by atoms with van der Waals surface area (Å²) < 4.78 is 5.50. The third kappa shape index (κ3) is 4.95. The number of hydrogen-bond donors (Lipinski definition) is 1. The van der Waals surface area contributed by atoms with Crippen molar-refractivity contribution >= 4 is 35.4 Å². The van der Waals surface area contributed by atoms with Crippen molar-refractivity contribution < 1.29 is 14.3 Å². The zero-order valence-electron chi connectivity index (χ0n) is 12.8. The molecule has 1 N–H and O–H groups in total. The van der Waals surface area contributed by atoms with Crippen LogP contribution >= 0.6 is 23.5 Å². The molecular formula is C16H21NO3S2. The minimum Gasteiger partial charge on any atom is -0.452 e. The van der Waals surface area contributed by atoms with Crippen LogP contribution in [0.4, 0.5) is 0 Å². The zero-order chi connectivity index (χ0) is 15.9. The maximum Gasteiger partial charge on any atom is 0.338 e. The average Bonchev–Trinajstić information content (AvgIpc) is 3.07. The first-order chi connectivity index (χ1) is 10.6. The molecule has 1 aliphatic rings. The molecular weight excluding hydrogens is 318 g/mol. The lowest BCUT2D eigenvalue weighted by Crippen LogP contribution is -2.35. The highest BCUT2D eigenvalue weighted by atomic mass is 32.2. The Morgan fingerprint density at radius 2 is 1.91 bits per heavy atom. The van der Waals surface area contributed by atoms with E-state index in [-0.39, 0.29) is 18.6 Å². The standard InChI is InChI=1S/C16H21NO3S2/c1-3-11(2)17-14(18)10-20-15(19)12-4-6-13(7-5-12)16-21-8-9-22-16/h4-7,11,16H,3,8-10H2,1-2H3,(H,17,18). The molecule has 1 aromatic rings. The van der Waals surface area contributed by atoms with E-state index in [0.717, 1.165) is 6.42 Å². The average molecular weight is 339 g/mol. The topological polar surface area (TPSA) is 55.4 Å². The summed E-state index contributed by atoms with van der Waals surface area (Å²) in [4.78, 5) is 23.5. The largest absolute Gasteiger partial charge is 0.452 e. The lowest BCUT2D eigenvalue weighted by molar-refractivity contribution is -0.124. The Balaban J connectivity index is 1.83. The lowest BCUT2D eigenvalue weighted by atomic mass is 10.1. The second-order valence-corrected chi connectivity index (χ2v) is 7.87. The maximum absolute atomic E-state index is 11.9. The Bertz CT molecular complexity index is 513. The Labute approximate surface area is 139 Å². The van der Waals surface area contributed by atoms with Crippen molar-refractivity contribution in [2.45, 2.75) is 30.9 Å². The molecule has 0 aliphatic carbocycles. The highest BCUT2D eigenvalue weighted by Crippen LogP contribution is 2.45. The summed E-state index contributed by atoms with van der Waals surface area (Å²) in [7, 11) is 0. The van der Waals surface area contributed by atoms with Crippen LogP contribution in [0, 0.1) is 0 Å². The molecule has 4 nitrogen and oxygen atoms in total. The van der Waals surface area contributed by atoms with Crippen LogP contribution in [0.5, 0.6) is 0 Å². The van der Waals surface area contributed by atoms with Gasteiger partial charge in [0, 0.05) is 17.5 Å². The fourth-order valence-electron chi connectivity index (χ4n) is 1.96. The minimum absolute atomic E-state index is 0.0897. The quantitative estimate of drug-likeness (QED) is 0.807. The number of ether oxygens (including phenoxy) is 1. The summed E-state index contributed by atoms with van der Waals surface area (Å²) in [6.45, 7) is 3.66. The van der Waals surface area contributed by atoms with Gasteiger partial charge in [-0.15, -0.1) is 23.5 Å². The van der Waals surface area contributed by atoms with Gasteiger partial charge in [-0.3, -0.25) is 4.79 Å². The molecule has 1 atom stereocenters. The van der Waals surface area contributed by atoms with Gasteiger partial charge in [0.25, 0.3) is 5.91 Å². The number of carbonyl (C=O) groups is 2.